The SMILES string of the molecule is Cc1cccc(C)c1-c1cncc([C@H](N)CC(=O)O)c1. The number of aromatic nitrogens is 1. The molecular weight excluding hydrogens is 252 g/mol. The van der Waals surface area contributed by atoms with Crippen molar-refractivity contribution < 1.29 is 9.90 Å². The summed E-state index contributed by atoms with van der Waals surface area (Å²) in [6.07, 6.45) is 3.31. The molecule has 2 aromatic rings. The van der Waals surface area contributed by atoms with Crippen LogP contribution in [0.3, 0.4) is 0 Å². The van der Waals surface area contributed by atoms with Crippen molar-refractivity contribution in [2.24, 2.45) is 5.73 Å². The number of rotatable bonds is 4. The normalized spacial score (nSPS) is 12.2. The van der Waals surface area contributed by atoms with Crippen LogP contribution < -0.4 is 5.73 Å². The average molecular weight is 270 g/mol. The molecule has 1 aromatic heterocycles. The maximum absolute atomic E-state index is 10.7. The second-order valence-corrected chi connectivity index (χ2v) is 4.98. The first-order valence-corrected chi connectivity index (χ1v) is 6.48. The number of nitrogens with two attached hydrogens (primary N) is 1. The predicted molar refractivity (Wildman–Crippen MR) is 78.3 cm³/mol. The second-order valence-electron chi connectivity index (χ2n) is 4.98. The minimum absolute atomic E-state index is 0.0993. The zero-order chi connectivity index (χ0) is 14.7. The van der Waals surface area contributed by atoms with Crippen LogP contribution in [0.1, 0.15) is 29.2 Å². The molecule has 0 saturated heterocycles. The van der Waals surface area contributed by atoms with Gasteiger partial charge in [0.2, 0.25) is 0 Å². The van der Waals surface area contributed by atoms with E-state index < -0.39 is 12.0 Å². The topological polar surface area (TPSA) is 76.2 Å². The van der Waals surface area contributed by atoms with Gasteiger partial charge >= 0.3 is 5.97 Å². The molecule has 0 unspecified atom stereocenters. The Morgan fingerprint density at radius 2 is 1.95 bits per heavy atom. The molecule has 0 aliphatic rings. The van der Waals surface area contributed by atoms with Gasteiger partial charge in [0.05, 0.1) is 6.42 Å². The summed E-state index contributed by atoms with van der Waals surface area (Å²) in [5.41, 5.74) is 11.1. The van der Waals surface area contributed by atoms with E-state index in [4.69, 9.17) is 10.8 Å². The molecular formula is C16H18N2O2. The van der Waals surface area contributed by atoms with Crippen molar-refractivity contribution in [1.29, 1.82) is 0 Å². The van der Waals surface area contributed by atoms with Crippen LogP contribution in [0.25, 0.3) is 11.1 Å². The summed E-state index contributed by atoms with van der Waals surface area (Å²) < 4.78 is 0. The Kier molecular flexibility index (Phi) is 4.15. The van der Waals surface area contributed by atoms with Crippen LogP contribution >= 0.6 is 0 Å². The fraction of sp³-hybridized carbons (Fsp3) is 0.250. The Morgan fingerprint density at radius 1 is 1.30 bits per heavy atom. The second kappa shape index (κ2) is 5.84. The van der Waals surface area contributed by atoms with Gasteiger partial charge in [-0.15, -0.1) is 0 Å². The Labute approximate surface area is 118 Å². The molecule has 20 heavy (non-hydrogen) atoms. The molecule has 0 fully saturated rings. The van der Waals surface area contributed by atoms with Gasteiger partial charge in [0, 0.05) is 24.0 Å². The third-order valence-electron chi connectivity index (χ3n) is 3.35. The van der Waals surface area contributed by atoms with Gasteiger partial charge in [-0.05, 0) is 42.2 Å². The molecule has 1 aromatic carbocycles. The van der Waals surface area contributed by atoms with Gasteiger partial charge in [0.15, 0.2) is 0 Å². The number of nitrogens with zero attached hydrogens (tertiary/aromatic N) is 1. The van der Waals surface area contributed by atoms with Crippen molar-refractivity contribution in [2.45, 2.75) is 26.3 Å². The Hall–Kier alpha value is -2.20. The number of carbonyl (C=O) groups is 1. The number of benzene rings is 1. The number of carboxylic acid groups (broad SMARTS) is 1. The lowest BCUT2D eigenvalue weighted by atomic mass is 9.95. The minimum Gasteiger partial charge on any atom is -0.481 e. The summed E-state index contributed by atoms with van der Waals surface area (Å²) in [6.45, 7) is 4.10. The quantitative estimate of drug-likeness (QED) is 0.895. The maximum atomic E-state index is 10.7. The van der Waals surface area contributed by atoms with Crippen molar-refractivity contribution in [3.8, 4) is 11.1 Å². The molecule has 104 valence electrons. The van der Waals surface area contributed by atoms with E-state index in [9.17, 15) is 4.79 Å². The number of pyridine rings is 1. The first-order chi connectivity index (χ1) is 9.49. The van der Waals surface area contributed by atoms with E-state index in [1.807, 2.05) is 38.1 Å². The largest absolute Gasteiger partial charge is 0.481 e. The van der Waals surface area contributed by atoms with Crippen LogP contribution in [0.15, 0.2) is 36.7 Å². The van der Waals surface area contributed by atoms with Crippen molar-refractivity contribution >= 4 is 5.97 Å². The van der Waals surface area contributed by atoms with Crippen LogP contribution in [-0.4, -0.2) is 16.1 Å². The minimum atomic E-state index is -0.907. The third kappa shape index (κ3) is 3.03. The van der Waals surface area contributed by atoms with Crippen molar-refractivity contribution in [2.75, 3.05) is 0 Å². The van der Waals surface area contributed by atoms with Gasteiger partial charge in [-0.25, -0.2) is 0 Å². The molecule has 4 nitrogen and oxygen atoms in total. The molecule has 0 saturated carbocycles. The summed E-state index contributed by atoms with van der Waals surface area (Å²) in [6, 6.07) is 7.50. The zero-order valence-electron chi connectivity index (χ0n) is 11.6. The summed E-state index contributed by atoms with van der Waals surface area (Å²) in [4.78, 5) is 14.9. The lowest BCUT2D eigenvalue weighted by Gasteiger charge is -2.13. The lowest BCUT2D eigenvalue weighted by Crippen LogP contribution is -2.15. The van der Waals surface area contributed by atoms with Gasteiger partial charge in [0.1, 0.15) is 0 Å². The summed E-state index contributed by atoms with van der Waals surface area (Å²) in [5, 5.41) is 8.82. The molecule has 0 spiro atoms. The van der Waals surface area contributed by atoms with Crippen LogP contribution in [-0.2, 0) is 4.79 Å². The Morgan fingerprint density at radius 3 is 2.55 bits per heavy atom. The summed E-state index contributed by atoms with van der Waals surface area (Å²) >= 11 is 0. The van der Waals surface area contributed by atoms with Crippen LogP contribution in [0.5, 0.6) is 0 Å². The molecule has 3 N–H and O–H groups in total. The molecule has 1 heterocycles. The van der Waals surface area contributed by atoms with E-state index in [0.717, 1.165) is 27.8 Å². The van der Waals surface area contributed by atoms with Crippen molar-refractivity contribution in [1.82, 2.24) is 4.98 Å². The molecule has 1 atom stereocenters. The number of hydrogen-bond donors (Lipinski definition) is 2. The molecule has 0 amide bonds. The highest BCUT2D eigenvalue weighted by Gasteiger charge is 2.13. The maximum Gasteiger partial charge on any atom is 0.305 e. The zero-order valence-corrected chi connectivity index (χ0v) is 11.6. The summed E-state index contributed by atoms with van der Waals surface area (Å²) in [5.74, 6) is -0.907. The van der Waals surface area contributed by atoms with E-state index in [1.165, 1.54) is 0 Å². The number of carboxylic acids is 1. The number of hydrogen-bond acceptors (Lipinski definition) is 3. The highest BCUT2D eigenvalue weighted by molar-refractivity contribution is 5.71. The van der Waals surface area contributed by atoms with Gasteiger partial charge in [-0.3, -0.25) is 9.78 Å². The molecule has 0 radical (unpaired) electrons. The van der Waals surface area contributed by atoms with E-state index in [-0.39, 0.29) is 6.42 Å². The smallest absolute Gasteiger partial charge is 0.305 e. The first-order valence-electron chi connectivity index (χ1n) is 6.48. The van der Waals surface area contributed by atoms with E-state index >= 15 is 0 Å². The average Bonchev–Trinajstić information content (AvgIpc) is 2.38. The van der Waals surface area contributed by atoms with Gasteiger partial charge in [0.25, 0.3) is 0 Å². The van der Waals surface area contributed by atoms with Crippen molar-refractivity contribution in [3.63, 3.8) is 0 Å². The highest BCUT2D eigenvalue weighted by atomic mass is 16.4. The van der Waals surface area contributed by atoms with Crippen LogP contribution in [0, 0.1) is 13.8 Å². The van der Waals surface area contributed by atoms with E-state index in [1.54, 1.807) is 12.4 Å². The fourth-order valence-electron chi connectivity index (χ4n) is 2.37. The number of aliphatic carboxylic acids is 1. The lowest BCUT2D eigenvalue weighted by molar-refractivity contribution is -0.137. The van der Waals surface area contributed by atoms with E-state index in [0.29, 0.717) is 0 Å². The predicted octanol–water partition coefficient (Wildman–Crippen LogP) is 2.84. The molecule has 0 aliphatic heterocycles. The molecule has 2 rings (SSSR count). The van der Waals surface area contributed by atoms with Gasteiger partial charge in [-0.1, -0.05) is 18.2 Å². The van der Waals surface area contributed by atoms with E-state index in [2.05, 4.69) is 4.98 Å². The molecule has 0 bridgehead atoms. The standard InChI is InChI=1S/C16H18N2O2/c1-10-4-3-5-11(2)16(10)13-6-12(8-18-9-13)14(17)7-15(19)20/h3-6,8-9,14H,7,17H2,1-2H3,(H,19,20)/t14-/m1/s1. The van der Waals surface area contributed by atoms with Gasteiger partial charge < -0.3 is 10.8 Å². The fourth-order valence-corrected chi connectivity index (χ4v) is 2.37. The highest BCUT2D eigenvalue weighted by Crippen LogP contribution is 2.28. The summed E-state index contributed by atoms with van der Waals surface area (Å²) in [7, 11) is 0. The van der Waals surface area contributed by atoms with Crippen LogP contribution in [0.2, 0.25) is 0 Å². The van der Waals surface area contributed by atoms with Gasteiger partial charge in [-0.2, -0.15) is 0 Å². The molecule has 0 aliphatic carbocycles. The number of aryl methyl sites for hydroxylation is 2. The third-order valence-corrected chi connectivity index (χ3v) is 3.35. The van der Waals surface area contributed by atoms with Crippen LogP contribution in [0.4, 0.5) is 0 Å². The van der Waals surface area contributed by atoms with Crippen molar-refractivity contribution in [3.05, 3.63) is 53.3 Å². The first kappa shape index (κ1) is 14.2. The Bertz CT molecular complexity index is 618. The molecule has 4 heteroatoms. The Balaban J connectivity index is 2.42. The monoisotopic (exact) mass is 270 g/mol.